The highest BCUT2D eigenvalue weighted by atomic mass is 16.6. The van der Waals surface area contributed by atoms with Gasteiger partial charge in [-0.25, -0.2) is 4.79 Å². The van der Waals surface area contributed by atoms with Gasteiger partial charge < -0.3 is 29.5 Å². The summed E-state index contributed by atoms with van der Waals surface area (Å²) in [6, 6.07) is 0. The number of rotatable bonds is 5. The summed E-state index contributed by atoms with van der Waals surface area (Å²) in [6.07, 6.45) is 3.78. The number of nitrogens with one attached hydrogen (secondary N) is 1. The van der Waals surface area contributed by atoms with Crippen molar-refractivity contribution in [2.75, 3.05) is 13.2 Å². The number of carbonyl (C=O) groups is 2. The fourth-order valence-corrected chi connectivity index (χ4v) is 5.32. The van der Waals surface area contributed by atoms with Crippen LogP contribution in [-0.2, 0) is 23.8 Å². The van der Waals surface area contributed by atoms with Gasteiger partial charge >= 0.3 is 11.9 Å². The minimum Gasteiger partial charge on any atom is -0.505 e. The largest absolute Gasteiger partial charge is 0.505 e. The van der Waals surface area contributed by atoms with Crippen LogP contribution >= 0.6 is 0 Å². The molecule has 2 saturated heterocycles. The zero-order valence-corrected chi connectivity index (χ0v) is 17.2. The summed E-state index contributed by atoms with van der Waals surface area (Å²) in [7, 11) is 0. The lowest BCUT2D eigenvalue weighted by atomic mass is 9.70. The number of ether oxygens (including phenoxy) is 3. The van der Waals surface area contributed by atoms with E-state index in [0.717, 1.165) is 25.8 Å². The van der Waals surface area contributed by atoms with E-state index in [4.69, 9.17) is 9.47 Å². The van der Waals surface area contributed by atoms with Gasteiger partial charge in [-0.1, -0.05) is 6.92 Å². The Kier molecular flexibility index (Phi) is 6.22. The minimum absolute atomic E-state index is 0.127. The third-order valence-corrected chi connectivity index (χ3v) is 7.19. The second-order valence-corrected chi connectivity index (χ2v) is 9.07. The maximum absolute atomic E-state index is 12.5. The van der Waals surface area contributed by atoms with E-state index in [9.17, 15) is 24.9 Å². The third-order valence-electron chi connectivity index (χ3n) is 7.19. The van der Waals surface area contributed by atoms with Gasteiger partial charge in [-0.2, -0.15) is 0 Å². The highest BCUT2D eigenvalue weighted by Gasteiger charge is 2.44. The number of cyclic esters (lactones) is 1. The van der Waals surface area contributed by atoms with Gasteiger partial charge in [-0.05, 0) is 62.8 Å². The number of esters is 2. The Morgan fingerprint density at radius 3 is 2.77 bits per heavy atom. The van der Waals surface area contributed by atoms with E-state index in [-0.39, 0.29) is 24.2 Å². The first-order chi connectivity index (χ1) is 14.3. The molecule has 0 spiro atoms. The zero-order valence-electron chi connectivity index (χ0n) is 17.2. The molecule has 8 atom stereocenters. The number of aliphatic hydroxyl groups is 3. The topological polar surface area (TPSA) is 135 Å². The van der Waals surface area contributed by atoms with E-state index in [2.05, 4.69) is 10.1 Å². The van der Waals surface area contributed by atoms with Gasteiger partial charge in [0.2, 0.25) is 5.76 Å². The molecular formula is C21H31NO8. The molecule has 0 aromatic rings. The second-order valence-electron chi connectivity index (χ2n) is 9.07. The smallest absolute Gasteiger partial charge is 0.377 e. The molecule has 3 aliphatic heterocycles. The van der Waals surface area contributed by atoms with E-state index in [1.807, 2.05) is 6.92 Å². The summed E-state index contributed by atoms with van der Waals surface area (Å²) in [6.45, 7) is 2.37. The van der Waals surface area contributed by atoms with Crippen LogP contribution in [0.4, 0.5) is 0 Å². The van der Waals surface area contributed by atoms with E-state index in [1.54, 1.807) is 0 Å². The molecule has 3 fully saturated rings. The summed E-state index contributed by atoms with van der Waals surface area (Å²) in [5.41, 5.74) is 0. The Morgan fingerprint density at radius 1 is 1.23 bits per heavy atom. The molecular weight excluding hydrogens is 394 g/mol. The van der Waals surface area contributed by atoms with E-state index in [0.29, 0.717) is 11.8 Å². The van der Waals surface area contributed by atoms with Gasteiger partial charge in [0.05, 0.1) is 12.0 Å². The van der Waals surface area contributed by atoms with Crippen molar-refractivity contribution in [1.82, 2.24) is 5.32 Å². The Bertz CT molecular complexity index is 709. The summed E-state index contributed by atoms with van der Waals surface area (Å²) in [5.74, 6) is -2.33. The summed E-state index contributed by atoms with van der Waals surface area (Å²) >= 11 is 0. The molecule has 6 unspecified atom stereocenters. The van der Waals surface area contributed by atoms with Crippen molar-refractivity contribution in [3.63, 3.8) is 0 Å². The number of hydrogen-bond donors (Lipinski definition) is 4. The highest BCUT2D eigenvalue weighted by molar-refractivity contribution is 5.89. The van der Waals surface area contributed by atoms with Crippen molar-refractivity contribution < 1.29 is 39.1 Å². The van der Waals surface area contributed by atoms with E-state index >= 15 is 0 Å². The maximum Gasteiger partial charge on any atom is 0.377 e. The fraction of sp³-hybridized carbons (Fsp3) is 0.810. The Labute approximate surface area is 175 Å². The van der Waals surface area contributed by atoms with Crippen LogP contribution in [0.2, 0.25) is 0 Å². The van der Waals surface area contributed by atoms with Crippen molar-refractivity contribution in [3.8, 4) is 0 Å². The maximum atomic E-state index is 12.5. The lowest BCUT2D eigenvalue weighted by Gasteiger charge is -2.48. The molecule has 1 saturated carbocycles. The van der Waals surface area contributed by atoms with Crippen LogP contribution < -0.4 is 5.32 Å². The highest BCUT2D eigenvalue weighted by Crippen LogP contribution is 2.44. The standard InChI is InChI=1S/C21H31NO8/c1-10(20(26)28-9-14(23)18-16(24)17(25)21(27)30-18)11-4-5-12-7-13-3-2-6-22-19(13)29-15(12)8-11/h10-15,18-19,22-25H,2-9H2,1H3/t10?,11?,12?,13?,14-,15?,18+,19?/m0/s1. The summed E-state index contributed by atoms with van der Waals surface area (Å²) in [4.78, 5) is 23.8. The Hall–Kier alpha value is -1.84. The molecule has 4 rings (SSSR count). The van der Waals surface area contributed by atoms with Crippen LogP contribution in [0.1, 0.15) is 45.4 Å². The van der Waals surface area contributed by atoms with Gasteiger partial charge in [0.15, 0.2) is 11.9 Å². The summed E-state index contributed by atoms with van der Waals surface area (Å²) < 4.78 is 16.2. The van der Waals surface area contributed by atoms with Crippen LogP contribution in [-0.4, -0.2) is 64.9 Å². The van der Waals surface area contributed by atoms with Gasteiger partial charge in [0.25, 0.3) is 0 Å². The van der Waals surface area contributed by atoms with E-state index in [1.165, 1.54) is 19.3 Å². The predicted molar refractivity (Wildman–Crippen MR) is 103 cm³/mol. The van der Waals surface area contributed by atoms with Crippen LogP contribution in [0.5, 0.6) is 0 Å². The van der Waals surface area contributed by atoms with Gasteiger partial charge in [0, 0.05) is 0 Å². The number of carbonyl (C=O) groups excluding carboxylic acids is 2. The number of hydrogen-bond acceptors (Lipinski definition) is 9. The van der Waals surface area contributed by atoms with E-state index < -0.39 is 42.3 Å². The van der Waals surface area contributed by atoms with Crippen molar-refractivity contribution >= 4 is 11.9 Å². The lowest BCUT2D eigenvalue weighted by Crippen LogP contribution is -2.53. The van der Waals surface area contributed by atoms with Crippen LogP contribution in [0.3, 0.4) is 0 Å². The molecule has 168 valence electrons. The van der Waals surface area contributed by atoms with Crippen molar-refractivity contribution in [2.24, 2.45) is 23.7 Å². The molecule has 0 radical (unpaired) electrons. The van der Waals surface area contributed by atoms with Crippen LogP contribution in [0.15, 0.2) is 11.5 Å². The molecule has 30 heavy (non-hydrogen) atoms. The molecule has 9 nitrogen and oxygen atoms in total. The molecule has 1 aliphatic carbocycles. The first-order valence-electron chi connectivity index (χ1n) is 10.9. The molecule has 9 heteroatoms. The summed E-state index contributed by atoms with van der Waals surface area (Å²) in [5, 5.41) is 32.5. The lowest BCUT2D eigenvalue weighted by molar-refractivity contribution is -0.169. The van der Waals surface area contributed by atoms with Crippen molar-refractivity contribution in [2.45, 2.75) is 70.0 Å². The van der Waals surface area contributed by atoms with Crippen molar-refractivity contribution in [1.29, 1.82) is 0 Å². The van der Waals surface area contributed by atoms with Crippen LogP contribution in [0.25, 0.3) is 0 Å². The third kappa shape index (κ3) is 4.15. The Morgan fingerprint density at radius 2 is 2.03 bits per heavy atom. The monoisotopic (exact) mass is 425 g/mol. The normalized spacial score (nSPS) is 38.3. The fourth-order valence-electron chi connectivity index (χ4n) is 5.32. The molecule has 0 aromatic heterocycles. The zero-order chi connectivity index (χ0) is 21.4. The quantitative estimate of drug-likeness (QED) is 0.481. The number of aliphatic hydroxyl groups excluding tert-OH is 3. The molecule has 4 N–H and O–H groups in total. The molecule has 4 aliphatic rings. The van der Waals surface area contributed by atoms with Gasteiger partial charge in [-0.15, -0.1) is 0 Å². The SMILES string of the molecule is CC(C(=O)OC[C@H](O)[C@H]1OC(=O)C(O)=C1O)C1CCC2CC3CCCNC3OC2C1. The van der Waals surface area contributed by atoms with Crippen LogP contribution in [0, 0.1) is 23.7 Å². The van der Waals surface area contributed by atoms with Gasteiger partial charge in [0.1, 0.15) is 18.9 Å². The Balaban J connectivity index is 1.27. The average Bonchev–Trinajstić information content (AvgIpc) is 3.02. The average molecular weight is 425 g/mol. The molecule has 3 heterocycles. The first kappa shape index (κ1) is 21.4. The molecule has 0 aromatic carbocycles. The molecule has 0 amide bonds. The molecule has 0 bridgehead atoms. The predicted octanol–water partition coefficient (Wildman–Crippen LogP) is 1.31. The van der Waals surface area contributed by atoms with Crippen molar-refractivity contribution in [3.05, 3.63) is 11.5 Å². The second kappa shape index (κ2) is 8.72. The van der Waals surface area contributed by atoms with Gasteiger partial charge in [-0.3, -0.25) is 10.1 Å². The first-order valence-corrected chi connectivity index (χ1v) is 10.9. The minimum atomic E-state index is -1.46. The number of piperidine rings is 1. The number of fused-ring (bicyclic) bond motifs is 2.